The Morgan fingerprint density at radius 1 is 1.26 bits per heavy atom. The van der Waals surface area contributed by atoms with Crippen LogP contribution in [0.25, 0.3) is 10.9 Å². The lowest BCUT2D eigenvalue weighted by Gasteiger charge is -2.04. The maximum Gasteiger partial charge on any atom is 0.0692 e. The Bertz CT molecular complexity index is 626. The van der Waals surface area contributed by atoms with E-state index in [4.69, 9.17) is 0 Å². The molecule has 0 unspecified atom stereocenters. The predicted molar refractivity (Wildman–Crippen MR) is 74.6 cm³/mol. The fourth-order valence-corrected chi connectivity index (χ4v) is 2.22. The van der Waals surface area contributed by atoms with Gasteiger partial charge in [-0.15, -0.1) is 5.10 Å². The SMILES string of the molecule is c1ccc2c(CNCCCn3ccnn3)c[nH]c2c1. The van der Waals surface area contributed by atoms with Gasteiger partial charge in [-0.25, -0.2) is 0 Å². The molecule has 0 atom stereocenters. The molecule has 0 saturated heterocycles. The van der Waals surface area contributed by atoms with Gasteiger partial charge in [0.1, 0.15) is 0 Å². The van der Waals surface area contributed by atoms with Crippen molar-refractivity contribution in [1.82, 2.24) is 25.3 Å². The van der Waals surface area contributed by atoms with Crippen molar-refractivity contribution < 1.29 is 0 Å². The van der Waals surface area contributed by atoms with Crippen LogP contribution in [-0.4, -0.2) is 26.5 Å². The second kappa shape index (κ2) is 5.67. The van der Waals surface area contributed by atoms with Gasteiger partial charge in [-0.3, -0.25) is 4.68 Å². The van der Waals surface area contributed by atoms with Gasteiger partial charge in [0.2, 0.25) is 0 Å². The number of rotatable bonds is 6. The molecule has 0 radical (unpaired) electrons. The molecule has 3 aromatic rings. The number of fused-ring (bicyclic) bond motifs is 1. The first-order valence-electron chi connectivity index (χ1n) is 6.53. The van der Waals surface area contributed by atoms with Gasteiger partial charge in [0, 0.05) is 36.4 Å². The first-order chi connectivity index (χ1) is 9.43. The topological polar surface area (TPSA) is 58.5 Å². The number of aromatic nitrogens is 4. The molecular formula is C14H17N5. The molecule has 0 spiro atoms. The summed E-state index contributed by atoms with van der Waals surface area (Å²) in [6.07, 6.45) is 6.72. The van der Waals surface area contributed by atoms with Crippen molar-refractivity contribution in [2.45, 2.75) is 19.5 Å². The van der Waals surface area contributed by atoms with E-state index in [0.29, 0.717) is 0 Å². The van der Waals surface area contributed by atoms with Gasteiger partial charge in [-0.2, -0.15) is 0 Å². The lowest BCUT2D eigenvalue weighted by molar-refractivity contribution is 0.530. The molecule has 98 valence electrons. The lowest BCUT2D eigenvalue weighted by atomic mass is 10.2. The summed E-state index contributed by atoms with van der Waals surface area (Å²) in [7, 11) is 0. The van der Waals surface area contributed by atoms with E-state index < -0.39 is 0 Å². The number of aromatic amines is 1. The molecule has 0 aliphatic rings. The van der Waals surface area contributed by atoms with Gasteiger partial charge in [0.15, 0.2) is 0 Å². The minimum Gasteiger partial charge on any atom is -0.361 e. The van der Waals surface area contributed by atoms with Crippen molar-refractivity contribution in [3.8, 4) is 0 Å². The van der Waals surface area contributed by atoms with Crippen molar-refractivity contribution in [2.24, 2.45) is 0 Å². The van der Waals surface area contributed by atoms with Crippen LogP contribution in [0.4, 0.5) is 0 Å². The van der Waals surface area contributed by atoms with Crippen molar-refractivity contribution in [1.29, 1.82) is 0 Å². The van der Waals surface area contributed by atoms with Crippen LogP contribution in [0.3, 0.4) is 0 Å². The van der Waals surface area contributed by atoms with Gasteiger partial charge < -0.3 is 10.3 Å². The molecule has 5 heteroatoms. The average molecular weight is 255 g/mol. The zero-order valence-corrected chi connectivity index (χ0v) is 10.7. The highest BCUT2D eigenvalue weighted by atomic mass is 15.4. The Hall–Kier alpha value is -2.14. The summed E-state index contributed by atoms with van der Waals surface area (Å²) in [5, 5.41) is 12.5. The summed E-state index contributed by atoms with van der Waals surface area (Å²) in [6.45, 7) is 2.77. The molecule has 0 aliphatic heterocycles. The summed E-state index contributed by atoms with van der Waals surface area (Å²) in [4.78, 5) is 3.29. The molecule has 2 aromatic heterocycles. The molecule has 0 fully saturated rings. The second-order valence-corrected chi connectivity index (χ2v) is 4.56. The summed E-state index contributed by atoms with van der Waals surface area (Å²) >= 11 is 0. The Morgan fingerprint density at radius 3 is 3.11 bits per heavy atom. The molecule has 2 heterocycles. The third-order valence-corrected chi connectivity index (χ3v) is 3.20. The molecule has 0 bridgehead atoms. The fraction of sp³-hybridized carbons (Fsp3) is 0.286. The Labute approximate surface area is 111 Å². The van der Waals surface area contributed by atoms with Crippen molar-refractivity contribution in [3.63, 3.8) is 0 Å². The molecule has 0 aliphatic carbocycles. The molecule has 0 amide bonds. The molecular weight excluding hydrogens is 238 g/mol. The van der Waals surface area contributed by atoms with Crippen molar-refractivity contribution in [2.75, 3.05) is 6.54 Å². The number of hydrogen-bond donors (Lipinski definition) is 2. The average Bonchev–Trinajstić information content (AvgIpc) is 3.08. The summed E-state index contributed by atoms with van der Waals surface area (Å²) < 4.78 is 1.85. The van der Waals surface area contributed by atoms with Crippen LogP contribution in [-0.2, 0) is 13.1 Å². The van der Waals surface area contributed by atoms with Gasteiger partial charge in [-0.1, -0.05) is 23.4 Å². The third-order valence-electron chi connectivity index (χ3n) is 3.20. The van der Waals surface area contributed by atoms with Crippen LogP contribution in [0.2, 0.25) is 0 Å². The molecule has 0 saturated carbocycles. The number of para-hydroxylation sites is 1. The third kappa shape index (κ3) is 2.82. The highest BCUT2D eigenvalue weighted by Crippen LogP contribution is 2.17. The minimum atomic E-state index is 0.890. The van der Waals surface area contributed by atoms with E-state index in [1.165, 1.54) is 16.5 Å². The van der Waals surface area contributed by atoms with Crippen LogP contribution in [0, 0.1) is 0 Å². The summed E-state index contributed by atoms with van der Waals surface area (Å²) in [5.41, 5.74) is 2.51. The number of H-pyrrole nitrogens is 1. The second-order valence-electron chi connectivity index (χ2n) is 4.56. The lowest BCUT2D eigenvalue weighted by Crippen LogP contribution is -2.16. The fourth-order valence-electron chi connectivity index (χ4n) is 2.22. The number of nitrogens with zero attached hydrogens (tertiary/aromatic N) is 3. The minimum absolute atomic E-state index is 0.890. The van der Waals surface area contributed by atoms with E-state index in [1.54, 1.807) is 6.20 Å². The van der Waals surface area contributed by atoms with E-state index in [1.807, 2.05) is 16.9 Å². The Kier molecular flexibility index (Phi) is 3.56. The summed E-state index contributed by atoms with van der Waals surface area (Å²) in [6, 6.07) is 8.38. The first kappa shape index (κ1) is 11.9. The first-order valence-corrected chi connectivity index (χ1v) is 6.53. The highest BCUT2D eigenvalue weighted by molar-refractivity contribution is 5.82. The van der Waals surface area contributed by atoms with E-state index in [2.05, 4.69) is 45.0 Å². The molecule has 19 heavy (non-hydrogen) atoms. The number of nitrogens with one attached hydrogen (secondary N) is 2. The number of benzene rings is 1. The van der Waals surface area contributed by atoms with Gasteiger partial charge in [0.25, 0.3) is 0 Å². The van der Waals surface area contributed by atoms with Gasteiger partial charge in [0.05, 0.1) is 6.20 Å². The number of aryl methyl sites for hydroxylation is 1. The largest absolute Gasteiger partial charge is 0.361 e. The van der Waals surface area contributed by atoms with E-state index >= 15 is 0 Å². The van der Waals surface area contributed by atoms with E-state index in [0.717, 1.165) is 26.1 Å². The zero-order valence-electron chi connectivity index (χ0n) is 10.7. The van der Waals surface area contributed by atoms with Crippen LogP contribution in [0.1, 0.15) is 12.0 Å². The predicted octanol–water partition coefficient (Wildman–Crippen LogP) is 1.94. The number of hydrogen-bond acceptors (Lipinski definition) is 3. The normalized spacial score (nSPS) is 11.2. The maximum absolute atomic E-state index is 3.94. The zero-order chi connectivity index (χ0) is 12.9. The molecule has 2 N–H and O–H groups in total. The van der Waals surface area contributed by atoms with E-state index in [9.17, 15) is 0 Å². The highest BCUT2D eigenvalue weighted by Gasteiger charge is 2.01. The molecule has 1 aromatic carbocycles. The summed E-state index contributed by atoms with van der Waals surface area (Å²) in [5.74, 6) is 0. The van der Waals surface area contributed by atoms with Crippen LogP contribution in [0.15, 0.2) is 42.9 Å². The van der Waals surface area contributed by atoms with Crippen LogP contribution < -0.4 is 5.32 Å². The quantitative estimate of drug-likeness (QED) is 0.662. The molecule has 5 nitrogen and oxygen atoms in total. The Morgan fingerprint density at radius 2 is 2.21 bits per heavy atom. The van der Waals surface area contributed by atoms with Gasteiger partial charge in [-0.05, 0) is 24.6 Å². The van der Waals surface area contributed by atoms with Crippen molar-refractivity contribution >= 4 is 10.9 Å². The van der Waals surface area contributed by atoms with Gasteiger partial charge >= 0.3 is 0 Å². The van der Waals surface area contributed by atoms with Crippen molar-refractivity contribution in [3.05, 3.63) is 48.4 Å². The smallest absolute Gasteiger partial charge is 0.0692 e. The maximum atomic E-state index is 3.94. The van der Waals surface area contributed by atoms with Crippen LogP contribution >= 0.6 is 0 Å². The molecule has 3 rings (SSSR count). The monoisotopic (exact) mass is 255 g/mol. The Balaban J connectivity index is 1.47. The van der Waals surface area contributed by atoms with Crippen LogP contribution in [0.5, 0.6) is 0 Å². The standard InChI is InChI=1S/C14H17N5/c1-2-5-14-13(4-1)12(11-16-14)10-15-6-3-8-19-9-7-17-18-19/h1-2,4-5,7,9,11,15-16H,3,6,8,10H2. The van der Waals surface area contributed by atoms with E-state index in [-0.39, 0.29) is 0 Å².